The molecule has 0 aromatic carbocycles. The highest BCUT2D eigenvalue weighted by molar-refractivity contribution is 7.15. The summed E-state index contributed by atoms with van der Waals surface area (Å²) in [5, 5.41) is 1.22. The average Bonchev–Trinajstić information content (AvgIpc) is 2.94. The summed E-state index contributed by atoms with van der Waals surface area (Å²) in [7, 11) is 0. The molecule has 1 aliphatic carbocycles. The third-order valence-electron chi connectivity index (χ3n) is 4.67. The highest BCUT2D eigenvalue weighted by Crippen LogP contribution is 2.40. The quantitative estimate of drug-likeness (QED) is 0.857. The van der Waals surface area contributed by atoms with Crippen molar-refractivity contribution in [2.75, 3.05) is 18.0 Å². The predicted molar refractivity (Wildman–Crippen MR) is 81.8 cm³/mol. The van der Waals surface area contributed by atoms with Crippen molar-refractivity contribution in [3.05, 3.63) is 10.6 Å². The Morgan fingerprint density at radius 3 is 2.74 bits per heavy atom. The normalized spacial score (nSPS) is 27.7. The van der Waals surface area contributed by atoms with Crippen molar-refractivity contribution >= 4 is 16.5 Å². The topological polar surface area (TPSA) is 42.2 Å². The fourth-order valence-electron chi connectivity index (χ4n) is 3.21. The van der Waals surface area contributed by atoms with Crippen molar-refractivity contribution < 1.29 is 0 Å². The summed E-state index contributed by atoms with van der Waals surface area (Å²) in [4.78, 5) is 8.77. The highest BCUT2D eigenvalue weighted by Gasteiger charge is 2.33. The van der Waals surface area contributed by atoms with Crippen LogP contribution in [0.3, 0.4) is 0 Å². The molecule has 0 spiro atoms. The standard InChI is InChI=1S/C15H25N3S/c1-15(2,3)10-7-8-18(9-10)14-17-13-11(16)5-4-6-12(13)19-14/h10-11H,4-9,16H2,1-3H3. The summed E-state index contributed by atoms with van der Waals surface area (Å²) in [6.45, 7) is 9.37. The van der Waals surface area contributed by atoms with Gasteiger partial charge in [0.15, 0.2) is 5.13 Å². The van der Waals surface area contributed by atoms with E-state index in [9.17, 15) is 0 Å². The molecule has 0 bridgehead atoms. The number of fused-ring (bicyclic) bond motifs is 1. The van der Waals surface area contributed by atoms with E-state index in [2.05, 4.69) is 25.7 Å². The molecule has 1 aromatic rings. The Morgan fingerprint density at radius 1 is 1.32 bits per heavy atom. The number of hydrogen-bond acceptors (Lipinski definition) is 4. The first-order valence-electron chi connectivity index (χ1n) is 7.45. The molecule has 2 heterocycles. The van der Waals surface area contributed by atoms with Gasteiger partial charge in [0, 0.05) is 24.0 Å². The number of rotatable bonds is 1. The monoisotopic (exact) mass is 279 g/mol. The van der Waals surface area contributed by atoms with Crippen LogP contribution in [-0.4, -0.2) is 18.1 Å². The van der Waals surface area contributed by atoms with Gasteiger partial charge in [-0.1, -0.05) is 20.8 Å². The lowest BCUT2D eigenvalue weighted by atomic mass is 9.80. The maximum Gasteiger partial charge on any atom is 0.185 e. The second-order valence-corrected chi connectivity index (χ2v) is 8.16. The van der Waals surface area contributed by atoms with Crippen molar-refractivity contribution in [2.24, 2.45) is 17.1 Å². The van der Waals surface area contributed by atoms with Gasteiger partial charge in [0.05, 0.1) is 5.69 Å². The first kappa shape index (κ1) is 13.4. The summed E-state index contributed by atoms with van der Waals surface area (Å²) >= 11 is 1.88. The van der Waals surface area contributed by atoms with Gasteiger partial charge in [-0.2, -0.15) is 0 Å². The predicted octanol–water partition coefficient (Wildman–Crippen LogP) is 3.35. The number of aromatic nitrogens is 1. The van der Waals surface area contributed by atoms with Gasteiger partial charge in [-0.3, -0.25) is 0 Å². The molecular weight excluding hydrogens is 254 g/mol. The number of hydrogen-bond donors (Lipinski definition) is 1. The van der Waals surface area contributed by atoms with Crippen LogP contribution in [-0.2, 0) is 6.42 Å². The van der Waals surface area contributed by atoms with Gasteiger partial charge in [0.1, 0.15) is 0 Å². The SMILES string of the molecule is CC(C)(C)C1CCN(c2nc3c(s2)CCCC3N)C1. The summed E-state index contributed by atoms with van der Waals surface area (Å²) < 4.78 is 0. The molecule has 0 radical (unpaired) electrons. The molecule has 106 valence electrons. The Balaban J connectivity index is 1.78. The van der Waals surface area contributed by atoms with E-state index in [1.807, 2.05) is 11.3 Å². The van der Waals surface area contributed by atoms with Gasteiger partial charge in [-0.25, -0.2) is 4.98 Å². The Morgan fingerprint density at radius 2 is 2.11 bits per heavy atom. The number of nitrogens with zero attached hydrogens (tertiary/aromatic N) is 2. The third kappa shape index (κ3) is 2.52. The molecule has 2 N–H and O–H groups in total. The van der Waals surface area contributed by atoms with Crippen LogP contribution in [0.1, 0.15) is 56.6 Å². The lowest BCUT2D eigenvalue weighted by Crippen LogP contribution is -2.25. The maximum absolute atomic E-state index is 6.18. The minimum absolute atomic E-state index is 0.176. The van der Waals surface area contributed by atoms with E-state index >= 15 is 0 Å². The second kappa shape index (κ2) is 4.74. The van der Waals surface area contributed by atoms with Crippen LogP contribution in [0.5, 0.6) is 0 Å². The minimum atomic E-state index is 0.176. The minimum Gasteiger partial charge on any atom is -0.348 e. The van der Waals surface area contributed by atoms with E-state index in [1.165, 1.54) is 35.0 Å². The van der Waals surface area contributed by atoms with Crippen LogP contribution in [0.2, 0.25) is 0 Å². The van der Waals surface area contributed by atoms with E-state index in [-0.39, 0.29) is 6.04 Å². The summed E-state index contributed by atoms with van der Waals surface area (Å²) in [5.74, 6) is 0.780. The van der Waals surface area contributed by atoms with Gasteiger partial charge >= 0.3 is 0 Å². The molecule has 4 heteroatoms. The van der Waals surface area contributed by atoms with Crippen LogP contribution in [0.4, 0.5) is 5.13 Å². The van der Waals surface area contributed by atoms with Crippen LogP contribution in [0.15, 0.2) is 0 Å². The van der Waals surface area contributed by atoms with Crippen molar-refractivity contribution in [3.63, 3.8) is 0 Å². The molecule has 19 heavy (non-hydrogen) atoms. The fourth-order valence-corrected chi connectivity index (χ4v) is 4.42. The smallest absolute Gasteiger partial charge is 0.185 e. The Labute approximate surface area is 120 Å². The zero-order valence-corrected chi connectivity index (χ0v) is 13.1. The zero-order chi connectivity index (χ0) is 13.6. The molecule has 0 amide bonds. The van der Waals surface area contributed by atoms with Crippen LogP contribution < -0.4 is 10.6 Å². The van der Waals surface area contributed by atoms with Gasteiger partial charge in [-0.05, 0) is 37.0 Å². The van der Waals surface area contributed by atoms with Crippen LogP contribution >= 0.6 is 11.3 Å². The summed E-state index contributed by atoms with van der Waals surface area (Å²) in [6.07, 6.45) is 4.79. The molecule has 2 atom stereocenters. The van der Waals surface area contributed by atoms with Crippen LogP contribution in [0.25, 0.3) is 0 Å². The number of aryl methyl sites for hydroxylation is 1. The Kier molecular flexibility index (Phi) is 3.34. The number of anilines is 1. The molecule has 2 unspecified atom stereocenters. The van der Waals surface area contributed by atoms with Gasteiger partial charge in [0.25, 0.3) is 0 Å². The molecule has 0 saturated carbocycles. The molecule has 3 nitrogen and oxygen atoms in total. The summed E-state index contributed by atoms with van der Waals surface area (Å²) in [5.41, 5.74) is 7.77. The lowest BCUT2D eigenvalue weighted by molar-refractivity contribution is 0.263. The van der Waals surface area contributed by atoms with Crippen molar-refractivity contribution in [1.29, 1.82) is 0 Å². The van der Waals surface area contributed by atoms with E-state index < -0.39 is 0 Å². The Bertz CT molecular complexity index is 460. The first-order valence-corrected chi connectivity index (χ1v) is 8.27. The van der Waals surface area contributed by atoms with Crippen molar-refractivity contribution in [2.45, 2.75) is 52.5 Å². The first-order chi connectivity index (χ1) is 8.95. The van der Waals surface area contributed by atoms with E-state index in [4.69, 9.17) is 10.7 Å². The highest BCUT2D eigenvalue weighted by atomic mass is 32.1. The van der Waals surface area contributed by atoms with Gasteiger partial charge < -0.3 is 10.6 Å². The molecule has 1 fully saturated rings. The molecule has 3 rings (SSSR count). The summed E-state index contributed by atoms with van der Waals surface area (Å²) in [6, 6.07) is 0.176. The Hall–Kier alpha value is -0.610. The zero-order valence-electron chi connectivity index (χ0n) is 12.3. The molecule has 1 aliphatic heterocycles. The van der Waals surface area contributed by atoms with Crippen molar-refractivity contribution in [3.8, 4) is 0 Å². The lowest BCUT2D eigenvalue weighted by Gasteiger charge is -2.26. The van der Waals surface area contributed by atoms with E-state index in [1.54, 1.807) is 0 Å². The van der Waals surface area contributed by atoms with Gasteiger partial charge in [-0.15, -0.1) is 11.3 Å². The fraction of sp³-hybridized carbons (Fsp3) is 0.800. The molecular formula is C15H25N3S. The number of thiazole rings is 1. The third-order valence-corrected chi connectivity index (χ3v) is 5.86. The molecule has 2 aliphatic rings. The second-order valence-electron chi connectivity index (χ2n) is 7.10. The van der Waals surface area contributed by atoms with E-state index in [0.717, 1.165) is 25.4 Å². The van der Waals surface area contributed by atoms with Crippen molar-refractivity contribution in [1.82, 2.24) is 4.98 Å². The molecule has 1 aromatic heterocycles. The average molecular weight is 279 g/mol. The van der Waals surface area contributed by atoms with E-state index in [0.29, 0.717) is 5.41 Å². The maximum atomic E-state index is 6.18. The number of nitrogens with two attached hydrogens (primary N) is 1. The van der Waals surface area contributed by atoms with Crippen LogP contribution in [0, 0.1) is 11.3 Å². The van der Waals surface area contributed by atoms with Gasteiger partial charge in [0.2, 0.25) is 0 Å². The largest absolute Gasteiger partial charge is 0.348 e. The molecule has 1 saturated heterocycles.